The lowest BCUT2D eigenvalue weighted by atomic mass is 9.95. The van der Waals surface area contributed by atoms with Gasteiger partial charge in [-0.3, -0.25) is 9.59 Å². The van der Waals surface area contributed by atoms with Crippen LogP contribution in [0, 0.1) is 22.7 Å². The molecule has 4 nitrogen and oxygen atoms in total. The van der Waals surface area contributed by atoms with Crippen molar-refractivity contribution in [1.82, 2.24) is 0 Å². The predicted octanol–water partition coefficient (Wildman–Crippen LogP) is 0.428. The molecule has 1 aliphatic carbocycles. The Hall–Kier alpha value is -2.20. The Labute approximate surface area is 74.4 Å². The summed E-state index contributed by atoms with van der Waals surface area (Å²) in [5, 5.41) is 16.9. The van der Waals surface area contributed by atoms with E-state index in [1.165, 1.54) is 0 Å². The van der Waals surface area contributed by atoms with Crippen molar-refractivity contribution in [1.29, 1.82) is 10.5 Å². The first-order valence-corrected chi connectivity index (χ1v) is 3.47. The van der Waals surface area contributed by atoms with Crippen molar-refractivity contribution in [3.8, 4) is 12.1 Å². The molecule has 0 saturated heterocycles. The van der Waals surface area contributed by atoms with Gasteiger partial charge in [0.05, 0.1) is 0 Å². The van der Waals surface area contributed by atoms with Crippen LogP contribution in [0.15, 0.2) is 23.3 Å². The van der Waals surface area contributed by atoms with Gasteiger partial charge >= 0.3 is 0 Å². The molecule has 0 bridgehead atoms. The van der Waals surface area contributed by atoms with Crippen LogP contribution in [0.5, 0.6) is 0 Å². The van der Waals surface area contributed by atoms with Crippen LogP contribution in [-0.4, -0.2) is 11.6 Å². The minimum absolute atomic E-state index is 0.00231. The molecule has 0 amide bonds. The Morgan fingerprint density at radius 3 is 2.38 bits per heavy atom. The van der Waals surface area contributed by atoms with Crippen LogP contribution in [0.3, 0.4) is 0 Å². The third kappa shape index (κ3) is 1.69. The minimum Gasteiger partial charge on any atom is -0.294 e. The van der Waals surface area contributed by atoms with E-state index in [9.17, 15) is 9.59 Å². The van der Waals surface area contributed by atoms with Gasteiger partial charge in [0.1, 0.15) is 17.7 Å². The molecule has 0 unspecified atom stereocenters. The lowest BCUT2D eigenvalue weighted by Gasteiger charge is -2.04. The summed E-state index contributed by atoms with van der Waals surface area (Å²) in [6, 6.07) is 3.17. The van der Waals surface area contributed by atoms with E-state index in [4.69, 9.17) is 10.5 Å². The maximum Gasteiger partial charge on any atom is 0.184 e. The molecule has 0 atom stereocenters. The molecule has 0 spiro atoms. The maximum absolute atomic E-state index is 11.1. The number of allylic oxidation sites excluding steroid dienone is 4. The standard InChI is InChI=1S/C9H4N2O2/c10-4-6(5-11)8-3-7(12)1-2-9(8)13/h1-2H,3H2. The summed E-state index contributed by atoms with van der Waals surface area (Å²) in [7, 11) is 0. The lowest BCUT2D eigenvalue weighted by molar-refractivity contribution is -0.118. The van der Waals surface area contributed by atoms with E-state index >= 15 is 0 Å². The molecule has 0 fully saturated rings. The Bertz CT molecular complexity index is 400. The number of hydrogen-bond acceptors (Lipinski definition) is 4. The van der Waals surface area contributed by atoms with Crippen molar-refractivity contribution in [3.63, 3.8) is 0 Å². The molecule has 1 aliphatic rings. The van der Waals surface area contributed by atoms with Gasteiger partial charge in [-0.05, 0) is 12.2 Å². The first kappa shape index (κ1) is 8.89. The summed E-state index contributed by atoms with van der Waals surface area (Å²) in [5.41, 5.74) is -0.278. The van der Waals surface area contributed by atoms with Gasteiger partial charge in [-0.2, -0.15) is 10.5 Å². The number of carbonyl (C=O) groups is 2. The predicted molar refractivity (Wildman–Crippen MR) is 42.0 cm³/mol. The van der Waals surface area contributed by atoms with E-state index in [1.807, 2.05) is 0 Å². The van der Waals surface area contributed by atoms with E-state index in [2.05, 4.69) is 0 Å². The van der Waals surface area contributed by atoms with Gasteiger partial charge in [0.15, 0.2) is 11.6 Å². The second-order valence-electron chi connectivity index (χ2n) is 2.42. The summed E-state index contributed by atoms with van der Waals surface area (Å²) < 4.78 is 0. The molecule has 1 rings (SSSR count). The largest absolute Gasteiger partial charge is 0.294 e. The number of nitriles is 2. The van der Waals surface area contributed by atoms with E-state index in [1.54, 1.807) is 12.1 Å². The van der Waals surface area contributed by atoms with E-state index in [0.717, 1.165) is 12.2 Å². The average Bonchev–Trinajstić information content (AvgIpc) is 2.13. The molecule has 0 saturated carbocycles. The molecule has 0 aromatic carbocycles. The molecule has 13 heavy (non-hydrogen) atoms. The Balaban J connectivity index is 3.23. The zero-order valence-electron chi connectivity index (χ0n) is 6.57. The first-order chi connectivity index (χ1) is 6.19. The summed E-state index contributed by atoms with van der Waals surface area (Å²) in [4.78, 5) is 22.0. The van der Waals surface area contributed by atoms with Crippen LogP contribution in [0.4, 0.5) is 0 Å². The Morgan fingerprint density at radius 2 is 1.85 bits per heavy atom. The van der Waals surface area contributed by atoms with Gasteiger partial charge in [0.25, 0.3) is 0 Å². The highest BCUT2D eigenvalue weighted by Gasteiger charge is 2.19. The zero-order valence-corrected chi connectivity index (χ0v) is 6.57. The van der Waals surface area contributed by atoms with Gasteiger partial charge in [-0.1, -0.05) is 0 Å². The third-order valence-corrected chi connectivity index (χ3v) is 1.59. The van der Waals surface area contributed by atoms with Crippen LogP contribution in [0.25, 0.3) is 0 Å². The molecule has 0 aromatic heterocycles. The number of rotatable bonds is 0. The molecular formula is C9H4N2O2. The fourth-order valence-electron chi connectivity index (χ4n) is 0.961. The van der Waals surface area contributed by atoms with Crippen LogP contribution >= 0.6 is 0 Å². The quantitative estimate of drug-likeness (QED) is 0.392. The molecule has 4 heteroatoms. The molecule has 0 aliphatic heterocycles. The van der Waals surface area contributed by atoms with Crippen molar-refractivity contribution in [3.05, 3.63) is 23.3 Å². The maximum atomic E-state index is 11.1. The molecule has 0 heterocycles. The highest BCUT2D eigenvalue weighted by atomic mass is 16.1. The second-order valence-corrected chi connectivity index (χ2v) is 2.42. The SMILES string of the molecule is N#CC(C#N)=C1CC(=O)C=CC1=O. The molecule has 62 valence electrons. The summed E-state index contributed by atoms with van der Waals surface area (Å²) in [6.07, 6.45) is 2.08. The fourth-order valence-corrected chi connectivity index (χ4v) is 0.961. The van der Waals surface area contributed by atoms with Crippen LogP contribution in [0.2, 0.25) is 0 Å². The third-order valence-electron chi connectivity index (χ3n) is 1.59. The van der Waals surface area contributed by atoms with Gasteiger partial charge < -0.3 is 0 Å². The second kappa shape index (κ2) is 3.46. The average molecular weight is 172 g/mol. The number of carbonyl (C=O) groups excluding carboxylic acids is 2. The molecule has 0 aromatic rings. The van der Waals surface area contributed by atoms with Gasteiger partial charge in [-0.15, -0.1) is 0 Å². The number of nitrogens with zero attached hydrogens (tertiary/aromatic N) is 2. The van der Waals surface area contributed by atoms with Crippen molar-refractivity contribution >= 4 is 11.6 Å². The molecule has 0 radical (unpaired) electrons. The Morgan fingerprint density at radius 1 is 1.23 bits per heavy atom. The monoisotopic (exact) mass is 172 g/mol. The van der Waals surface area contributed by atoms with E-state index in [-0.39, 0.29) is 23.4 Å². The van der Waals surface area contributed by atoms with Crippen molar-refractivity contribution < 1.29 is 9.59 Å². The first-order valence-electron chi connectivity index (χ1n) is 3.47. The molecule has 0 N–H and O–H groups in total. The van der Waals surface area contributed by atoms with Gasteiger partial charge in [0.2, 0.25) is 0 Å². The molecular weight excluding hydrogens is 168 g/mol. The van der Waals surface area contributed by atoms with Gasteiger partial charge in [0, 0.05) is 12.0 Å². The number of hydrogen-bond donors (Lipinski definition) is 0. The topological polar surface area (TPSA) is 81.7 Å². The van der Waals surface area contributed by atoms with Crippen molar-refractivity contribution in [2.75, 3.05) is 0 Å². The van der Waals surface area contributed by atoms with E-state index in [0.29, 0.717) is 0 Å². The summed E-state index contributed by atoms with van der Waals surface area (Å²) >= 11 is 0. The smallest absolute Gasteiger partial charge is 0.184 e. The lowest BCUT2D eigenvalue weighted by Crippen LogP contribution is -2.12. The number of ketones is 2. The van der Waals surface area contributed by atoms with Crippen LogP contribution < -0.4 is 0 Å². The van der Waals surface area contributed by atoms with Crippen LogP contribution in [0.1, 0.15) is 6.42 Å². The Kier molecular flexibility index (Phi) is 2.37. The van der Waals surface area contributed by atoms with Gasteiger partial charge in [-0.25, -0.2) is 0 Å². The fraction of sp³-hybridized carbons (Fsp3) is 0.111. The summed E-state index contributed by atoms with van der Waals surface area (Å²) in [5.74, 6) is -0.699. The van der Waals surface area contributed by atoms with E-state index < -0.39 is 5.78 Å². The highest BCUT2D eigenvalue weighted by Crippen LogP contribution is 2.15. The normalized spacial score (nSPS) is 15.1. The highest BCUT2D eigenvalue weighted by molar-refractivity contribution is 6.15. The summed E-state index contributed by atoms with van der Waals surface area (Å²) in [6.45, 7) is 0. The zero-order chi connectivity index (χ0) is 9.84. The van der Waals surface area contributed by atoms with Crippen LogP contribution in [-0.2, 0) is 9.59 Å². The van der Waals surface area contributed by atoms with Crippen molar-refractivity contribution in [2.24, 2.45) is 0 Å². The van der Waals surface area contributed by atoms with Crippen molar-refractivity contribution in [2.45, 2.75) is 6.42 Å². The minimum atomic E-state index is -0.433.